The molecular formula is C13H20BrNO2S. The maximum Gasteiger partial charge on any atom is 0.147 e. The molecule has 3 nitrogen and oxygen atoms in total. The molecular weight excluding hydrogens is 314 g/mol. The lowest BCUT2D eigenvalue weighted by molar-refractivity contribution is 0.527. The molecule has 0 heterocycles. The first-order chi connectivity index (χ1) is 8.28. The van der Waals surface area contributed by atoms with Crippen molar-refractivity contribution in [2.24, 2.45) is 0 Å². The smallest absolute Gasteiger partial charge is 0.147 e. The third-order valence-corrected chi connectivity index (χ3v) is 4.49. The second-order valence-corrected chi connectivity index (χ2v) is 7.91. The number of aryl methyl sites for hydroxylation is 1. The van der Waals surface area contributed by atoms with Crippen molar-refractivity contribution in [3.63, 3.8) is 0 Å². The standard InChI is InChI=1S/C13H20BrNO2S/c1-10-4-5-12(13(14)8-10)9-15-11(2)6-7-18(3,16)17/h4-5,8,11,15H,6-7,9H2,1-3H3/t11-/m1/s1. The average molecular weight is 334 g/mol. The van der Waals surface area contributed by atoms with E-state index >= 15 is 0 Å². The average Bonchev–Trinajstić information content (AvgIpc) is 2.24. The summed E-state index contributed by atoms with van der Waals surface area (Å²) in [6.07, 6.45) is 1.92. The van der Waals surface area contributed by atoms with Gasteiger partial charge in [0.2, 0.25) is 0 Å². The number of hydrogen-bond donors (Lipinski definition) is 1. The molecule has 102 valence electrons. The fraction of sp³-hybridized carbons (Fsp3) is 0.538. The van der Waals surface area contributed by atoms with E-state index in [1.165, 1.54) is 17.4 Å². The quantitative estimate of drug-likeness (QED) is 0.870. The van der Waals surface area contributed by atoms with E-state index < -0.39 is 9.84 Å². The molecule has 0 radical (unpaired) electrons. The van der Waals surface area contributed by atoms with Gasteiger partial charge in [0, 0.05) is 23.3 Å². The van der Waals surface area contributed by atoms with Gasteiger partial charge in [-0.25, -0.2) is 8.42 Å². The van der Waals surface area contributed by atoms with Crippen LogP contribution in [-0.4, -0.2) is 26.5 Å². The number of hydrogen-bond acceptors (Lipinski definition) is 3. The van der Waals surface area contributed by atoms with Gasteiger partial charge in [-0.2, -0.15) is 0 Å². The Kier molecular flexibility index (Phi) is 5.82. The van der Waals surface area contributed by atoms with Crippen LogP contribution < -0.4 is 5.32 Å². The molecule has 0 fully saturated rings. The van der Waals surface area contributed by atoms with Gasteiger partial charge in [-0.1, -0.05) is 28.1 Å². The summed E-state index contributed by atoms with van der Waals surface area (Å²) < 4.78 is 23.2. The SMILES string of the molecule is Cc1ccc(CN[C@H](C)CCS(C)(=O)=O)c(Br)c1. The van der Waals surface area contributed by atoms with Gasteiger partial charge in [0.1, 0.15) is 9.84 Å². The van der Waals surface area contributed by atoms with Gasteiger partial charge in [0.25, 0.3) is 0 Å². The lowest BCUT2D eigenvalue weighted by Crippen LogP contribution is -2.27. The molecule has 1 rings (SSSR count). The fourth-order valence-electron chi connectivity index (χ4n) is 1.57. The zero-order valence-electron chi connectivity index (χ0n) is 11.0. The van der Waals surface area contributed by atoms with Crippen molar-refractivity contribution in [1.29, 1.82) is 0 Å². The van der Waals surface area contributed by atoms with Crippen molar-refractivity contribution in [3.8, 4) is 0 Å². The summed E-state index contributed by atoms with van der Waals surface area (Å²) in [5.41, 5.74) is 2.41. The van der Waals surface area contributed by atoms with E-state index in [0.717, 1.165) is 11.0 Å². The Balaban J connectivity index is 2.45. The van der Waals surface area contributed by atoms with Crippen molar-refractivity contribution in [1.82, 2.24) is 5.32 Å². The zero-order chi connectivity index (χ0) is 13.8. The third kappa shape index (κ3) is 5.98. The van der Waals surface area contributed by atoms with Gasteiger partial charge >= 0.3 is 0 Å². The van der Waals surface area contributed by atoms with Crippen LogP contribution in [0, 0.1) is 6.92 Å². The molecule has 5 heteroatoms. The van der Waals surface area contributed by atoms with Gasteiger partial charge in [-0.3, -0.25) is 0 Å². The highest BCUT2D eigenvalue weighted by Crippen LogP contribution is 2.18. The first-order valence-corrected chi connectivity index (χ1v) is 8.79. The van der Waals surface area contributed by atoms with Crippen LogP contribution in [0.3, 0.4) is 0 Å². The third-order valence-electron chi connectivity index (χ3n) is 2.77. The van der Waals surface area contributed by atoms with Gasteiger partial charge < -0.3 is 5.32 Å². The van der Waals surface area contributed by atoms with Crippen LogP contribution >= 0.6 is 15.9 Å². The minimum absolute atomic E-state index is 0.188. The van der Waals surface area contributed by atoms with Gasteiger partial charge in [0.15, 0.2) is 0 Å². The van der Waals surface area contributed by atoms with E-state index in [4.69, 9.17) is 0 Å². The van der Waals surface area contributed by atoms with Crippen LogP contribution in [0.4, 0.5) is 0 Å². The summed E-state index contributed by atoms with van der Waals surface area (Å²) >= 11 is 3.53. The molecule has 0 unspecified atom stereocenters. The Morgan fingerprint density at radius 2 is 2.06 bits per heavy atom. The van der Waals surface area contributed by atoms with Crippen LogP contribution in [0.25, 0.3) is 0 Å². The van der Waals surface area contributed by atoms with Crippen LogP contribution in [0.2, 0.25) is 0 Å². The predicted octanol–water partition coefficient (Wildman–Crippen LogP) is 2.67. The fourth-order valence-corrected chi connectivity index (χ4v) is 2.99. The lowest BCUT2D eigenvalue weighted by Gasteiger charge is -2.14. The molecule has 0 spiro atoms. The highest BCUT2D eigenvalue weighted by molar-refractivity contribution is 9.10. The predicted molar refractivity (Wildman–Crippen MR) is 79.5 cm³/mol. The summed E-state index contributed by atoms with van der Waals surface area (Å²) in [6, 6.07) is 6.42. The van der Waals surface area contributed by atoms with Crippen LogP contribution in [-0.2, 0) is 16.4 Å². The van der Waals surface area contributed by atoms with Gasteiger partial charge in [0.05, 0.1) is 5.75 Å². The molecule has 0 saturated carbocycles. The lowest BCUT2D eigenvalue weighted by atomic mass is 10.1. The molecule has 0 aliphatic carbocycles. The zero-order valence-corrected chi connectivity index (χ0v) is 13.4. The molecule has 1 atom stereocenters. The Labute approximate surface area is 118 Å². The highest BCUT2D eigenvalue weighted by atomic mass is 79.9. The van der Waals surface area contributed by atoms with Crippen LogP contribution in [0.5, 0.6) is 0 Å². The van der Waals surface area contributed by atoms with E-state index in [-0.39, 0.29) is 11.8 Å². The van der Waals surface area contributed by atoms with Gasteiger partial charge in [-0.05, 0) is 37.5 Å². The second-order valence-electron chi connectivity index (χ2n) is 4.80. The van der Waals surface area contributed by atoms with Crippen LogP contribution in [0.15, 0.2) is 22.7 Å². The topological polar surface area (TPSA) is 46.2 Å². The largest absolute Gasteiger partial charge is 0.310 e. The molecule has 1 N–H and O–H groups in total. The van der Waals surface area contributed by atoms with E-state index in [0.29, 0.717) is 6.42 Å². The Morgan fingerprint density at radius 1 is 1.39 bits per heavy atom. The van der Waals surface area contributed by atoms with Crippen molar-refractivity contribution >= 4 is 25.8 Å². The summed E-state index contributed by atoms with van der Waals surface area (Å²) in [7, 11) is -2.87. The molecule has 0 bridgehead atoms. The van der Waals surface area contributed by atoms with Crippen molar-refractivity contribution < 1.29 is 8.42 Å². The monoisotopic (exact) mass is 333 g/mol. The maximum absolute atomic E-state index is 11.1. The number of halogens is 1. The molecule has 0 aliphatic heterocycles. The van der Waals surface area contributed by atoms with Crippen molar-refractivity contribution in [3.05, 3.63) is 33.8 Å². The highest BCUT2D eigenvalue weighted by Gasteiger charge is 2.08. The summed E-state index contributed by atoms with van der Waals surface area (Å²) in [5.74, 6) is 0.232. The Morgan fingerprint density at radius 3 is 2.61 bits per heavy atom. The minimum Gasteiger partial charge on any atom is -0.310 e. The van der Waals surface area contributed by atoms with Gasteiger partial charge in [-0.15, -0.1) is 0 Å². The summed E-state index contributed by atoms with van der Waals surface area (Å²) in [5, 5.41) is 3.34. The normalized spacial score (nSPS) is 13.6. The maximum atomic E-state index is 11.1. The second kappa shape index (κ2) is 6.68. The number of rotatable bonds is 6. The molecule has 0 amide bonds. The van der Waals surface area contributed by atoms with Crippen LogP contribution in [0.1, 0.15) is 24.5 Å². The molecule has 18 heavy (non-hydrogen) atoms. The van der Waals surface area contributed by atoms with E-state index in [2.05, 4.69) is 46.4 Å². The molecule has 0 aromatic heterocycles. The van der Waals surface area contributed by atoms with E-state index in [1.54, 1.807) is 0 Å². The summed E-state index contributed by atoms with van der Waals surface area (Å²) in [4.78, 5) is 0. The Hall–Kier alpha value is -0.390. The molecule has 1 aromatic rings. The van der Waals surface area contributed by atoms with Crippen molar-refractivity contribution in [2.45, 2.75) is 32.9 Å². The van der Waals surface area contributed by atoms with E-state index in [9.17, 15) is 8.42 Å². The Bertz CT molecular complexity index is 500. The number of nitrogens with one attached hydrogen (secondary N) is 1. The first-order valence-electron chi connectivity index (χ1n) is 5.94. The number of sulfone groups is 1. The number of benzene rings is 1. The first kappa shape index (κ1) is 15.7. The molecule has 0 saturated heterocycles. The molecule has 1 aromatic carbocycles. The molecule has 0 aliphatic rings. The van der Waals surface area contributed by atoms with E-state index in [1.807, 2.05) is 6.92 Å². The van der Waals surface area contributed by atoms with Crippen molar-refractivity contribution in [2.75, 3.05) is 12.0 Å². The minimum atomic E-state index is -2.87. The summed E-state index contributed by atoms with van der Waals surface area (Å²) in [6.45, 7) is 4.80.